The van der Waals surface area contributed by atoms with Gasteiger partial charge in [0.1, 0.15) is 18.0 Å². The zero-order valence-electron chi connectivity index (χ0n) is 23.9. The maximum Gasteiger partial charge on any atom is 0.334 e. The van der Waals surface area contributed by atoms with Gasteiger partial charge in [-0.3, -0.25) is 14.2 Å². The minimum Gasteiger partial charge on any atom is -0.497 e. The lowest BCUT2D eigenvalue weighted by molar-refractivity contribution is -0.140. The molecule has 8 nitrogen and oxygen atoms in total. The molecule has 4 atom stereocenters. The molecule has 218 valence electrons. The van der Waals surface area contributed by atoms with Gasteiger partial charge in [-0.2, -0.15) is 0 Å². The van der Waals surface area contributed by atoms with Gasteiger partial charge in [0, 0.05) is 38.9 Å². The molecule has 2 saturated heterocycles. The lowest BCUT2D eigenvalue weighted by Crippen LogP contribution is -2.30. The van der Waals surface area contributed by atoms with E-state index in [1.807, 2.05) is 32.1 Å². The third kappa shape index (κ3) is 5.03. The van der Waals surface area contributed by atoms with E-state index in [0.29, 0.717) is 46.0 Å². The van der Waals surface area contributed by atoms with E-state index in [9.17, 15) is 14.4 Å². The average Bonchev–Trinajstić information content (AvgIpc) is 3.46. The number of methoxy groups -OCH3 is 1. The summed E-state index contributed by atoms with van der Waals surface area (Å²) in [5.41, 5.74) is 3.51. The van der Waals surface area contributed by atoms with Crippen LogP contribution in [0.15, 0.2) is 66.4 Å². The fourth-order valence-corrected chi connectivity index (χ4v) is 6.48. The fraction of sp³-hybridized carbons (Fsp3) is 0.364. The molecule has 0 bridgehead atoms. The average molecular weight is 589 g/mol. The highest BCUT2D eigenvalue weighted by Gasteiger charge is 2.61. The van der Waals surface area contributed by atoms with Gasteiger partial charge in [-0.15, -0.1) is 0 Å². The molecular weight excluding hydrogens is 556 g/mol. The standard InChI is InChI=1S/C33H33ClN2O6/c1-18-24-13-11-22(6-5-15-33(3)30(42-33)29(24)41-32(18)39)35-28(37)17-25-19(2)36(27-14-12-23(40-4)16-26(25)27)31(38)20-7-9-21(34)10-8-20/h6-10,12,14,16,24,29-30H,1,5,11,13,15,17H2,2-4H3,(H,35,37)/t24?,29-,30?,33+/m0/s1. The van der Waals surface area contributed by atoms with Crippen molar-refractivity contribution < 1.29 is 28.6 Å². The van der Waals surface area contributed by atoms with Crippen molar-refractivity contribution in [2.24, 2.45) is 5.92 Å². The predicted molar refractivity (Wildman–Crippen MR) is 159 cm³/mol. The number of aromatic nitrogens is 1. The molecule has 1 aliphatic carbocycles. The number of halogens is 1. The first kappa shape index (κ1) is 28.2. The number of ether oxygens (including phenoxy) is 3. The van der Waals surface area contributed by atoms with Gasteiger partial charge < -0.3 is 19.5 Å². The van der Waals surface area contributed by atoms with Gasteiger partial charge in [0.15, 0.2) is 0 Å². The van der Waals surface area contributed by atoms with Crippen LogP contribution in [0.3, 0.4) is 0 Å². The van der Waals surface area contributed by atoms with Crippen LogP contribution in [-0.2, 0) is 25.5 Å². The van der Waals surface area contributed by atoms with Crippen molar-refractivity contribution >= 4 is 40.3 Å². The number of epoxide rings is 1. The molecule has 1 amide bonds. The van der Waals surface area contributed by atoms with Crippen LogP contribution in [0.1, 0.15) is 54.2 Å². The first-order valence-corrected chi connectivity index (χ1v) is 14.5. The molecule has 1 N–H and O–H groups in total. The highest BCUT2D eigenvalue weighted by molar-refractivity contribution is 6.30. The van der Waals surface area contributed by atoms with E-state index < -0.39 is 0 Å². The Bertz CT molecular complexity index is 1650. The van der Waals surface area contributed by atoms with Crippen LogP contribution in [-0.4, -0.2) is 47.3 Å². The largest absolute Gasteiger partial charge is 0.497 e. The topological polar surface area (TPSA) is 99.2 Å². The van der Waals surface area contributed by atoms with E-state index in [1.165, 1.54) is 0 Å². The first-order valence-electron chi connectivity index (χ1n) is 14.1. The lowest BCUT2D eigenvalue weighted by atomic mass is 9.84. The van der Waals surface area contributed by atoms with Crippen molar-refractivity contribution in [3.63, 3.8) is 0 Å². The molecular formula is C33H33ClN2O6. The number of fused-ring (bicyclic) bond motifs is 4. The van der Waals surface area contributed by atoms with Gasteiger partial charge in [-0.1, -0.05) is 24.3 Å². The quantitative estimate of drug-likeness (QED) is 0.234. The number of esters is 1. The Hall–Kier alpha value is -3.88. The molecule has 1 aromatic heterocycles. The number of nitrogens with one attached hydrogen (secondary N) is 1. The van der Waals surface area contributed by atoms with E-state index >= 15 is 0 Å². The molecule has 6 rings (SSSR count). The summed E-state index contributed by atoms with van der Waals surface area (Å²) < 4.78 is 18.7. The second kappa shape index (κ2) is 10.7. The zero-order valence-corrected chi connectivity index (χ0v) is 24.6. The van der Waals surface area contributed by atoms with Crippen molar-refractivity contribution in [1.82, 2.24) is 9.88 Å². The van der Waals surface area contributed by atoms with Crippen LogP contribution < -0.4 is 10.1 Å². The van der Waals surface area contributed by atoms with Crippen molar-refractivity contribution in [2.45, 2.75) is 63.8 Å². The molecule has 3 aliphatic rings. The van der Waals surface area contributed by atoms with Crippen molar-refractivity contribution in [1.29, 1.82) is 0 Å². The molecule has 3 heterocycles. The third-order valence-corrected chi connectivity index (χ3v) is 9.07. The monoisotopic (exact) mass is 588 g/mol. The number of hydrogen-bond acceptors (Lipinski definition) is 6. The van der Waals surface area contributed by atoms with E-state index in [0.717, 1.165) is 29.5 Å². The summed E-state index contributed by atoms with van der Waals surface area (Å²) in [5.74, 6) is -0.296. The van der Waals surface area contributed by atoms with Crippen LogP contribution in [0.2, 0.25) is 5.02 Å². The van der Waals surface area contributed by atoms with Gasteiger partial charge in [-0.05, 0) is 87.6 Å². The van der Waals surface area contributed by atoms with Gasteiger partial charge in [-0.25, -0.2) is 4.79 Å². The van der Waals surface area contributed by atoms with E-state index in [2.05, 4.69) is 11.9 Å². The normalized spacial score (nSPS) is 25.2. The number of amides is 1. The van der Waals surface area contributed by atoms with E-state index in [1.54, 1.807) is 42.0 Å². The third-order valence-electron chi connectivity index (χ3n) is 8.82. The molecule has 2 fully saturated rings. The maximum absolute atomic E-state index is 13.6. The first-order chi connectivity index (χ1) is 20.1. The van der Waals surface area contributed by atoms with E-state index in [-0.39, 0.29) is 47.9 Å². The Morgan fingerprint density at radius 1 is 1.21 bits per heavy atom. The number of nitrogens with zero attached hydrogens (tertiary/aromatic N) is 1. The zero-order chi connectivity index (χ0) is 29.8. The summed E-state index contributed by atoms with van der Waals surface area (Å²) in [6, 6.07) is 12.2. The number of benzene rings is 2. The Balaban J connectivity index is 1.27. The minimum atomic E-state index is -0.368. The predicted octanol–water partition coefficient (Wildman–Crippen LogP) is 5.67. The fourth-order valence-electron chi connectivity index (χ4n) is 6.35. The van der Waals surface area contributed by atoms with Crippen LogP contribution in [0.25, 0.3) is 10.9 Å². The number of carbonyl (C=O) groups is 3. The Morgan fingerprint density at radius 3 is 2.71 bits per heavy atom. The van der Waals surface area contributed by atoms with Gasteiger partial charge >= 0.3 is 5.97 Å². The van der Waals surface area contributed by atoms with E-state index in [4.69, 9.17) is 25.8 Å². The lowest BCUT2D eigenvalue weighted by Gasteiger charge is -2.20. The number of allylic oxidation sites excluding steroid dienone is 2. The number of rotatable bonds is 5. The molecule has 2 unspecified atom stereocenters. The van der Waals surface area contributed by atoms with Crippen molar-refractivity contribution in [2.75, 3.05) is 7.11 Å². The highest BCUT2D eigenvalue weighted by atomic mass is 35.5. The van der Waals surface area contributed by atoms with Crippen molar-refractivity contribution in [3.05, 3.63) is 88.2 Å². The molecule has 3 aromatic rings. The molecule has 0 saturated carbocycles. The summed E-state index contributed by atoms with van der Waals surface area (Å²) in [7, 11) is 1.58. The van der Waals surface area contributed by atoms with Gasteiger partial charge in [0.2, 0.25) is 5.91 Å². The summed E-state index contributed by atoms with van der Waals surface area (Å²) >= 11 is 6.04. The van der Waals surface area contributed by atoms with Crippen LogP contribution in [0.4, 0.5) is 0 Å². The Labute approximate surface area is 249 Å². The Morgan fingerprint density at radius 2 is 1.98 bits per heavy atom. The minimum absolute atomic E-state index is 0.0665. The Kier molecular flexibility index (Phi) is 7.23. The second-order valence-corrected chi connectivity index (χ2v) is 11.9. The SMILES string of the molecule is C=C1C(=O)O[C@H]2C1CCC(NC(=O)Cc1c(C)n(C(=O)c3ccc(Cl)cc3)c3ccc(OC)cc13)=CCC[C@@]1(C)OC21. The van der Waals surface area contributed by atoms with Crippen LogP contribution in [0, 0.1) is 12.8 Å². The van der Waals surface area contributed by atoms with Gasteiger partial charge in [0.05, 0.1) is 24.6 Å². The molecule has 42 heavy (non-hydrogen) atoms. The molecule has 0 spiro atoms. The smallest absolute Gasteiger partial charge is 0.334 e. The molecule has 9 heteroatoms. The molecule has 0 radical (unpaired) electrons. The highest BCUT2D eigenvalue weighted by Crippen LogP contribution is 2.49. The summed E-state index contributed by atoms with van der Waals surface area (Å²) in [5, 5.41) is 4.43. The van der Waals surface area contributed by atoms with Crippen LogP contribution >= 0.6 is 11.6 Å². The summed E-state index contributed by atoms with van der Waals surface area (Å²) in [4.78, 5) is 39.5. The molecule has 2 aromatic carbocycles. The number of carbonyl (C=O) groups excluding carboxylic acids is 3. The second-order valence-electron chi connectivity index (χ2n) is 11.5. The van der Waals surface area contributed by atoms with Gasteiger partial charge in [0.25, 0.3) is 5.91 Å². The van der Waals surface area contributed by atoms with Crippen LogP contribution in [0.5, 0.6) is 5.75 Å². The van der Waals surface area contributed by atoms with Crippen molar-refractivity contribution in [3.8, 4) is 5.75 Å². The number of hydrogen-bond donors (Lipinski definition) is 1. The summed E-state index contributed by atoms with van der Waals surface area (Å²) in [6.45, 7) is 7.86. The summed E-state index contributed by atoms with van der Waals surface area (Å²) in [6.07, 6.45) is 4.31. The maximum atomic E-state index is 13.6. The molecule has 2 aliphatic heterocycles.